The molecule has 4 nitrogen and oxygen atoms in total. The van der Waals surface area contributed by atoms with Gasteiger partial charge in [-0.05, 0) is 25.1 Å². The zero-order valence-electron chi connectivity index (χ0n) is 10.3. The van der Waals surface area contributed by atoms with E-state index in [0.717, 1.165) is 12.1 Å². The highest BCUT2D eigenvalue weighted by Gasteiger charge is 2.14. The summed E-state index contributed by atoms with van der Waals surface area (Å²) >= 11 is 0. The van der Waals surface area contributed by atoms with Crippen LogP contribution in [0.1, 0.15) is 12.5 Å². The van der Waals surface area contributed by atoms with E-state index in [0.29, 0.717) is 6.54 Å². The first-order chi connectivity index (χ1) is 8.35. The Balaban J connectivity index is 2.81. The fourth-order valence-electron chi connectivity index (χ4n) is 1.33. The number of hydrogen-bond donors (Lipinski definition) is 2. The molecule has 7 heteroatoms. The van der Waals surface area contributed by atoms with Crippen LogP contribution in [0.5, 0.6) is 0 Å². The van der Waals surface area contributed by atoms with Crippen molar-refractivity contribution in [1.82, 2.24) is 5.32 Å². The maximum absolute atomic E-state index is 13.4. The van der Waals surface area contributed by atoms with Crippen molar-refractivity contribution in [2.45, 2.75) is 13.8 Å². The third kappa shape index (κ3) is 4.23. The summed E-state index contributed by atoms with van der Waals surface area (Å²) in [6, 6.07) is 1.80. The second kappa shape index (κ2) is 6.10. The lowest BCUT2D eigenvalue weighted by Gasteiger charge is -2.10. The summed E-state index contributed by atoms with van der Waals surface area (Å²) in [5.74, 6) is -1.64. The van der Waals surface area contributed by atoms with Crippen molar-refractivity contribution in [2.75, 3.05) is 23.6 Å². The van der Waals surface area contributed by atoms with Gasteiger partial charge in [-0.15, -0.1) is 0 Å². The maximum atomic E-state index is 13.4. The van der Waals surface area contributed by atoms with Crippen molar-refractivity contribution in [3.8, 4) is 0 Å². The fraction of sp³-hybridized carbons (Fsp3) is 0.455. The lowest BCUT2D eigenvalue weighted by Crippen LogP contribution is -2.26. The Morgan fingerprint density at radius 2 is 1.89 bits per heavy atom. The first-order valence-electron chi connectivity index (χ1n) is 5.52. The van der Waals surface area contributed by atoms with Crippen LogP contribution in [-0.2, 0) is 10.0 Å². The lowest BCUT2D eigenvalue weighted by molar-refractivity contribution is 0.589. The largest absolute Gasteiger partial charge is 0.316 e. The molecule has 0 saturated heterocycles. The van der Waals surface area contributed by atoms with Gasteiger partial charge in [-0.1, -0.05) is 6.92 Å². The van der Waals surface area contributed by atoms with Crippen molar-refractivity contribution in [3.63, 3.8) is 0 Å². The van der Waals surface area contributed by atoms with Crippen LogP contribution >= 0.6 is 0 Å². The molecule has 0 aromatic heterocycles. The van der Waals surface area contributed by atoms with E-state index in [9.17, 15) is 17.2 Å². The molecule has 2 N–H and O–H groups in total. The van der Waals surface area contributed by atoms with Gasteiger partial charge in [-0.25, -0.2) is 17.2 Å². The molecule has 0 bridgehead atoms. The van der Waals surface area contributed by atoms with Crippen LogP contribution in [0.2, 0.25) is 0 Å². The Hall–Kier alpha value is -1.21. The molecule has 0 amide bonds. The summed E-state index contributed by atoms with van der Waals surface area (Å²) in [7, 11) is -3.68. The minimum Gasteiger partial charge on any atom is -0.316 e. The van der Waals surface area contributed by atoms with Gasteiger partial charge in [0.2, 0.25) is 10.0 Å². The van der Waals surface area contributed by atoms with E-state index >= 15 is 0 Å². The molecule has 102 valence electrons. The van der Waals surface area contributed by atoms with E-state index in [2.05, 4.69) is 5.32 Å². The summed E-state index contributed by atoms with van der Waals surface area (Å²) in [6.45, 7) is 4.14. The molecule has 0 heterocycles. The number of halogens is 2. The van der Waals surface area contributed by atoms with Gasteiger partial charge < -0.3 is 5.32 Å². The van der Waals surface area contributed by atoms with E-state index in [1.54, 1.807) is 0 Å². The Morgan fingerprint density at radius 3 is 2.50 bits per heavy atom. The molecule has 0 unspecified atom stereocenters. The van der Waals surface area contributed by atoms with Gasteiger partial charge in [-0.2, -0.15) is 0 Å². The second-order valence-electron chi connectivity index (χ2n) is 3.86. The first kappa shape index (κ1) is 14.8. The number of anilines is 1. The molecule has 0 fully saturated rings. The molecule has 0 radical (unpaired) electrons. The van der Waals surface area contributed by atoms with Gasteiger partial charge >= 0.3 is 0 Å². The van der Waals surface area contributed by atoms with E-state index < -0.39 is 21.7 Å². The van der Waals surface area contributed by atoms with Crippen LogP contribution in [0.25, 0.3) is 0 Å². The van der Waals surface area contributed by atoms with Gasteiger partial charge in [-0.3, -0.25) is 4.72 Å². The molecule has 0 atom stereocenters. The normalized spacial score (nSPS) is 11.6. The monoisotopic (exact) mass is 278 g/mol. The average molecular weight is 278 g/mol. The topological polar surface area (TPSA) is 58.2 Å². The highest BCUT2D eigenvalue weighted by Crippen LogP contribution is 2.19. The predicted molar refractivity (Wildman–Crippen MR) is 67.0 cm³/mol. The van der Waals surface area contributed by atoms with E-state index in [1.165, 1.54) is 6.92 Å². The molecule has 0 saturated carbocycles. The number of benzene rings is 1. The van der Waals surface area contributed by atoms with Gasteiger partial charge in [0.1, 0.15) is 11.6 Å². The van der Waals surface area contributed by atoms with Gasteiger partial charge in [0, 0.05) is 12.6 Å². The average Bonchev–Trinajstić information content (AvgIpc) is 2.26. The molecular weight excluding hydrogens is 262 g/mol. The standard InChI is InChI=1S/C11H16F2N2O2S/c1-3-14-4-5-18(16,17)15-11-7-9(12)8(2)6-10(11)13/h6-7,14-15H,3-5H2,1-2H3. The van der Waals surface area contributed by atoms with Crippen LogP contribution in [-0.4, -0.2) is 27.3 Å². The summed E-state index contributed by atoms with van der Waals surface area (Å²) in [6.07, 6.45) is 0. The summed E-state index contributed by atoms with van der Waals surface area (Å²) in [5, 5.41) is 2.84. The van der Waals surface area contributed by atoms with Crippen LogP contribution in [0.3, 0.4) is 0 Å². The van der Waals surface area contributed by atoms with Crippen LogP contribution in [0.15, 0.2) is 12.1 Å². The minimum absolute atomic E-state index is 0.128. The zero-order valence-corrected chi connectivity index (χ0v) is 11.1. The third-order valence-corrected chi connectivity index (χ3v) is 3.58. The molecule has 1 aromatic carbocycles. The quantitative estimate of drug-likeness (QED) is 0.778. The van der Waals surface area contributed by atoms with Crippen molar-refractivity contribution in [1.29, 1.82) is 0 Å². The zero-order chi connectivity index (χ0) is 13.8. The molecule has 1 rings (SSSR count). The number of hydrogen-bond acceptors (Lipinski definition) is 3. The molecule has 18 heavy (non-hydrogen) atoms. The summed E-state index contributed by atoms with van der Waals surface area (Å²) < 4.78 is 51.9. The Morgan fingerprint density at radius 1 is 1.22 bits per heavy atom. The number of nitrogens with one attached hydrogen (secondary N) is 2. The number of rotatable bonds is 6. The van der Waals surface area contributed by atoms with Crippen molar-refractivity contribution in [3.05, 3.63) is 29.3 Å². The highest BCUT2D eigenvalue weighted by atomic mass is 32.2. The Kier molecular flexibility index (Phi) is 5.03. The molecular formula is C11H16F2N2O2S. The minimum atomic E-state index is -3.68. The molecule has 0 aliphatic carbocycles. The molecule has 0 aliphatic heterocycles. The Labute approximate surface area is 105 Å². The maximum Gasteiger partial charge on any atom is 0.234 e. The van der Waals surface area contributed by atoms with Crippen molar-refractivity contribution >= 4 is 15.7 Å². The van der Waals surface area contributed by atoms with Crippen LogP contribution in [0.4, 0.5) is 14.5 Å². The highest BCUT2D eigenvalue weighted by molar-refractivity contribution is 7.92. The number of aryl methyl sites for hydroxylation is 1. The van der Waals surface area contributed by atoms with Gasteiger partial charge in [0.05, 0.1) is 11.4 Å². The second-order valence-corrected chi connectivity index (χ2v) is 5.70. The summed E-state index contributed by atoms with van der Waals surface area (Å²) in [5.41, 5.74) is -0.238. The Bertz CT molecular complexity index is 518. The van der Waals surface area contributed by atoms with E-state index in [-0.39, 0.29) is 23.5 Å². The van der Waals surface area contributed by atoms with E-state index in [4.69, 9.17) is 0 Å². The molecule has 1 aromatic rings. The van der Waals surface area contributed by atoms with E-state index in [1.807, 2.05) is 11.6 Å². The van der Waals surface area contributed by atoms with Crippen LogP contribution in [0, 0.1) is 18.6 Å². The van der Waals surface area contributed by atoms with Crippen molar-refractivity contribution < 1.29 is 17.2 Å². The van der Waals surface area contributed by atoms with Gasteiger partial charge in [0.25, 0.3) is 0 Å². The molecule has 0 spiro atoms. The third-order valence-electron chi connectivity index (χ3n) is 2.31. The molecule has 0 aliphatic rings. The predicted octanol–water partition coefficient (Wildman–Crippen LogP) is 1.62. The lowest BCUT2D eigenvalue weighted by atomic mass is 10.2. The first-order valence-corrected chi connectivity index (χ1v) is 7.18. The van der Waals surface area contributed by atoms with Crippen molar-refractivity contribution in [2.24, 2.45) is 0 Å². The fourth-order valence-corrected chi connectivity index (χ4v) is 2.33. The smallest absolute Gasteiger partial charge is 0.234 e. The number of sulfonamides is 1. The van der Waals surface area contributed by atoms with Crippen LogP contribution < -0.4 is 10.0 Å². The summed E-state index contributed by atoms with van der Waals surface area (Å²) in [4.78, 5) is 0. The van der Waals surface area contributed by atoms with Gasteiger partial charge in [0.15, 0.2) is 0 Å². The SMILES string of the molecule is CCNCCS(=O)(=O)Nc1cc(F)c(C)cc1F.